The highest BCUT2D eigenvalue weighted by molar-refractivity contribution is 6.29. The van der Waals surface area contributed by atoms with Crippen LogP contribution < -0.4 is 0 Å². The van der Waals surface area contributed by atoms with E-state index < -0.39 is 18.8 Å². The maximum Gasteiger partial charge on any atom is 0.407 e. The average Bonchev–Trinajstić information content (AvgIpc) is 3.20. The number of nitrogens with zero attached hydrogens (tertiary/aromatic N) is 4. The van der Waals surface area contributed by atoms with Gasteiger partial charge < -0.3 is 10.0 Å². The molecule has 4 aliphatic rings. The van der Waals surface area contributed by atoms with Crippen molar-refractivity contribution < 1.29 is 23.1 Å². The van der Waals surface area contributed by atoms with E-state index in [0.717, 1.165) is 23.6 Å². The molecule has 10 heteroatoms. The SMILES string of the molecule is CC1CC(C2CCC(Cl)=C(O)C2)N=C2CN(C3C=NN(CC(F)(F)F)C3)C(=O)C21. The summed E-state index contributed by atoms with van der Waals surface area (Å²) in [4.78, 5) is 19.5. The molecule has 5 unspecified atom stereocenters. The number of rotatable bonds is 3. The number of carbonyl (C=O) groups excluding carboxylic acids is 1. The number of hydrogen-bond donors (Lipinski definition) is 1. The molecular weight excluding hydrogens is 409 g/mol. The first-order chi connectivity index (χ1) is 13.6. The molecule has 1 amide bonds. The minimum Gasteiger partial charge on any atom is -0.511 e. The van der Waals surface area contributed by atoms with Gasteiger partial charge in [-0.15, -0.1) is 0 Å². The van der Waals surface area contributed by atoms with Crippen molar-refractivity contribution in [2.45, 2.75) is 50.9 Å². The predicted molar refractivity (Wildman–Crippen MR) is 103 cm³/mol. The maximum absolute atomic E-state index is 13.0. The summed E-state index contributed by atoms with van der Waals surface area (Å²) < 4.78 is 37.8. The lowest BCUT2D eigenvalue weighted by atomic mass is 9.76. The van der Waals surface area contributed by atoms with E-state index >= 15 is 0 Å². The second kappa shape index (κ2) is 7.49. The molecule has 160 valence electrons. The number of halogens is 4. The Morgan fingerprint density at radius 2 is 2.14 bits per heavy atom. The molecule has 1 N–H and O–H groups in total. The summed E-state index contributed by atoms with van der Waals surface area (Å²) in [6, 6.07) is -0.445. The van der Waals surface area contributed by atoms with Gasteiger partial charge in [-0.3, -0.25) is 14.8 Å². The molecule has 0 saturated carbocycles. The zero-order chi connectivity index (χ0) is 20.9. The number of allylic oxidation sites excluding steroid dienone is 2. The Hall–Kier alpha value is -1.77. The zero-order valence-corrected chi connectivity index (χ0v) is 16.8. The first kappa shape index (κ1) is 20.5. The summed E-state index contributed by atoms with van der Waals surface area (Å²) >= 11 is 6.01. The van der Waals surface area contributed by atoms with Crippen LogP contribution >= 0.6 is 11.6 Å². The highest BCUT2D eigenvalue weighted by atomic mass is 35.5. The lowest BCUT2D eigenvalue weighted by Gasteiger charge is -2.34. The van der Waals surface area contributed by atoms with Gasteiger partial charge in [0.05, 0.1) is 36.1 Å². The second-order valence-electron chi connectivity index (χ2n) is 8.49. The summed E-state index contributed by atoms with van der Waals surface area (Å²) in [5.74, 6) is 0.127. The van der Waals surface area contributed by atoms with Crippen LogP contribution in [0.5, 0.6) is 0 Å². The summed E-state index contributed by atoms with van der Waals surface area (Å²) in [6.07, 6.45) is -0.171. The number of amides is 1. The van der Waals surface area contributed by atoms with E-state index in [4.69, 9.17) is 16.6 Å². The van der Waals surface area contributed by atoms with Crippen LogP contribution in [-0.4, -0.2) is 70.7 Å². The van der Waals surface area contributed by atoms with Gasteiger partial charge in [0, 0.05) is 18.3 Å². The summed E-state index contributed by atoms with van der Waals surface area (Å²) in [5, 5.41) is 15.3. The van der Waals surface area contributed by atoms with Gasteiger partial charge in [0.2, 0.25) is 5.91 Å². The molecule has 1 aliphatic carbocycles. The number of aliphatic hydroxyl groups excluding tert-OH is 1. The Morgan fingerprint density at radius 3 is 2.83 bits per heavy atom. The lowest BCUT2D eigenvalue weighted by molar-refractivity contribution is -0.146. The van der Waals surface area contributed by atoms with Gasteiger partial charge >= 0.3 is 6.18 Å². The van der Waals surface area contributed by atoms with Crippen molar-refractivity contribution in [2.75, 3.05) is 19.6 Å². The standard InChI is InChI=1S/C19H24ClF3N4O2/c1-10-4-14(11-2-3-13(20)16(28)5-11)25-15-8-27(18(29)17(10)15)12-6-24-26(7-12)9-19(21,22)23/h6,10-12,14,17,28H,2-5,7-9H2,1H3. The molecular formula is C19H24ClF3N4O2. The van der Waals surface area contributed by atoms with Gasteiger partial charge in [0.1, 0.15) is 12.3 Å². The minimum atomic E-state index is -4.33. The van der Waals surface area contributed by atoms with E-state index in [1.165, 1.54) is 6.21 Å². The number of alkyl halides is 3. The molecule has 5 atom stereocenters. The molecule has 0 aromatic heterocycles. The van der Waals surface area contributed by atoms with Crippen LogP contribution in [0.3, 0.4) is 0 Å². The molecule has 6 nitrogen and oxygen atoms in total. The fourth-order valence-electron chi connectivity index (χ4n) is 4.94. The van der Waals surface area contributed by atoms with Gasteiger partial charge in [-0.25, -0.2) is 0 Å². The van der Waals surface area contributed by atoms with Gasteiger partial charge in [-0.2, -0.15) is 18.3 Å². The maximum atomic E-state index is 13.0. The predicted octanol–water partition coefficient (Wildman–Crippen LogP) is 3.34. The first-order valence-electron chi connectivity index (χ1n) is 9.91. The Morgan fingerprint density at radius 1 is 1.38 bits per heavy atom. The fourth-order valence-corrected chi connectivity index (χ4v) is 5.13. The van der Waals surface area contributed by atoms with Crippen LogP contribution in [0.1, 0.15) is 32.6 Å². The molecule has 3 aliphatic heterocycles. The highest BCUT2D eigenvalue weighted by Gasteiger charge is 2.48. The van der Waals surface area contributed by atoms with Crippen molar-refractivity contribution in [1.82, 2.24) is 9.91 Å². The van der Waals surface area contributed by atoms with Crippen LogP contribution in [0.2, 0.25) is 0 Å². The number of fused-ring (bicyclic) bond motifs is 1. The van der Waals surface area contributed by atoms with Crippen molar-refractivity contribution in [2.24, 2.45) is 27.8 Å². The van der Waals surface area contributed by atoms with Crippen molar-refractivity contribution in [3.63, 3.8) is 0 Å². The van der Waals surface area contributed by atoms with Gasteiger partial charge in [-0.05, 0) is 31.1 Å². The largest absolute Gasteiger partial charge is 0.511 e. The third-order valence-electron chi connectivity index (χ3n) is 6.36. The van der Waals surface area contributed by atoms with Crippen LogP contribution in [-0.2, 0) is 4.79 Å². The Kier molecular flexibility index (Phi) is 5.29. The van der Waals surface area contributed by atoms with E-state index in [-0.39, 0.29) is 42.0 Å². The van der Waals surface area contributed by atoms with Crippen LogP contribution in [0, 0.1) is 17.8 Å². The monoisotopic (exact) mass is 432 g/mol. The van der Waals surface area contributed by atoms with Crippen LogP contribution in [0.25, 0.3) is 0 Å². The van der Waals surface area contributed by atoms with Crippen molar-refractivity contribution in [3.8, 4) is 0 Å². The van der Waals surface area contributed by atoms with Gasteiger partial charge in [0.15, 0.2) is 0 Å². The number of aliphatic imine (C=N–C) groups is 1. The van der Waals surface area contributed by atoms with E-state index in [9.17, 15) is 23.1 Å². The Balaban J connectivity index is 1.46. The molecule has 0 spiro atoms. The molecule has 0 radical (unpaired) electrons. The summed E-state index contributed by atoms with van der Waals surface area (Å²) in [7, 11) is 0. The number of likely N-dealkylation sites (tertiary alicyclic amines) is 1. The molecule has 1 fully saturated rings. The zero-order valence-electron chi connectivity index (χ0n) is 16.1. The van der Waals surface area contributed by atoms with Gasteiger partial charge in [-0.1, -0.05) is 18.5 Å². The van der Waals surface area contributed by atoms with Gasteiger partial charge in [0.25, 0.3) is 0 Å². The summed E-state index contributed by atoms with van der Waals surface area (Å²) in [6.45, 7) is 1.28. The van der Waals surface area contributed by atoms with E-state index in [1.807, 2.05) is 6.92 Å². The topological polar surface area (TPSA) is 68.5 Å². The number of aliphatic hydroxyl groups is 1. The minimum absolute atomic E-state index is 0.0230. The second-order valence-corrected chi connectivity index (χ2v) is 8.95. The van der Waals surface area contributed by atoms with Crippen LogP contribution in [0.15, 0.2) is 20.9 Å². The van der Waals surface area contributed by atoms with Crippen molar-refractivity contribution in [1.29, 1.82) is 0 Å². The molecule has 3 heterocycles. The normalized spacial score (nSPS) is 35.4. The van der Waals surface area contributed by atoms with E-state index in [0.29, 0.717) is 24.4 Å². The molecule has 4 rings (SSSR count). The summed E-state index contributed by atoms with van der Waals surface area (Å²) in [5.41, 5.74) is 0.807. The molecule has 0 aromatic carbocycles. The Bertz CT molecular complexity index is 782. The number of hydrogen-bond acceptors (Lipinski definition) is 5. The highest BCUT2D eigenvalue weighted by Crippen LogP contribution is 2.40. The first-order valence-corrected chi connectivity index (χ1v) is 10.3. The number of carbonyl (C=O) groups is 1. The third kappa shape index (κ3) is 4.11. The molecule has 0 bridgehead atoms. The molecule has 1 saturated heterocycles. The van der Waals surface area contributed by atoms with E-state index in [1.54, 1.807) is 4.90 Å². The smallest absolute Gasteiger partial charge is 0.407 e. The van der Waals surface area contributed by atoms with E-state index in [2.05, 4.69) is 5.10 Å². The number of hydrazone groups is 1. The quantitative estimate of drug-likeness (QED) is 0.743. The van der Waals surface area contributed by atoms with Crippen LogP contribution in [0.4, 0.5) is 13.2 Å². The Labute approximate surface area is 172 Å². The fraction of sp³-hybridized carbons (Fsp3) is 0.737. The molecule has 0 aromatic rings. The average molecular weight is 433 g/mol. The molecule has 29 heavy (non-hydrogen) atoms. The van der Waals surface area contributed by atoms with Crippen molar-refractivity contribution in [3.05, 3.63) is 10.8 Å². The third-order valence-corrected chi connectivity index (χ3v) is 6.77. The lowest BCUT2D eigenvalue weighted by Crippen LogP contribution is -2.43. The van der Waals surface area contributed by atoms with Crippen molar-refractivity contribution >= 4 is 29.4 Å².